The molecule has 4 rings (SSSR count). The molecule has 1 saturated heterocycles. The molecule has 2 amide bonds. The number of carbonyl (C=O) groups excluding carboxylic acids is 2. The molecule has 1 aromatic heterocycles. The van der Waals surface area contributed by atoms with Crippen LogP contribution in [-0.4, -0.2) is 70.3 Å². The Morgan fingerprint density at radius 2 is 2.00 bits per heavy atom. The Balaban J connectivity index is 1.28. The fourth-order valence-corrected chi connectivity index (χ4v) is 4.39. The lowest BCUT2D eigenvalue weighted by Crippen LogP contribution is -2.44. The van der Waals surface area contributed by atoms with E-state index in [0.717, 1.165) is 70.0 Å². The second-order valence-corrected chi connectivity index (χ2v) is 8.57. The van der Waals surface area contributed by atoms with Gasteiger partial charge in [-0.15, -0.1) is 0 Å². The summed E-state index contributed by atoms with van der Waals surface area (Å²) >= 11 is 0. The molecule has 2 fully saturated rings. The van der Waals surface area contributed by atoms with Crippen LogP contribution in [0.2, 0.25) is 0 Å². The highest BCUT2D eigenvalue weighted by Crippen LogP contribution is 2.29. The van der Waals surface area contributed by atoms with Crippen LogP contribution in [0.3, 0.4) is 0 Å². The van der Waals surface area contributed by atoms with Crippen LogP contribution >= 0.6 is 0 Å². The lowest BCUT2D eigenvalue weighted by atomic mass is 9.84. The molecule has 0 radical (unpaired) electrons. The van der Waals surface area contributed by atoms with E-state index in [1.165, 1.54) is 6.42 Å². The predicted molar refractivity (Wildman–Crippen MR) is 108 cm³/mol. The highest BCUT2D eigenvalue weighted by atomic mass is 16.5. The third-order valence-electron chi connectivity index (χ3n) is 6.45. The van der Waals surface area contributed by atoms with E-state index in [9.17, 15) is 9.59 Å². The molecule has 160 valence electrons. The Labute approximate surface area is 172 Å². The second kappa shape index (κ2) is 9.26. The number of aryl methyl sites for hydroxylation is 1. The standard InChI is InChI=1S/C21H33N5O3/c1-16(24-8-10-29-11-9-24)12-20(27)22-14-18-13-19-15-25(6-3-7-26(19)23-18)21(28)17-4-2-5-17/h13,16-17H,2-12,14-15H2,1H3,(H,22,27)/t16-/m1/s1. The Hall–Kier alpha value is -1.93. The van der Waals surface area contributed by atoms with E-state index < -0.39 is 0 Å². The molecule has 1 saturated carbocycles. The van der Waals surface area contributed by atoms with Crippen LogP contribution in [0.5, 0.6) is 0 Å². The zero-order valence-electron chi connectivity index (χ0n) is 17.4. The molecule has 0 unspecified atom stereocenters. The number of hydrogen-bond acceptors (Lipinski definition) is 5. The van der Waals surface area contributed by atoms with Gasteiger partial charge in [-0.25, -0.2) is 0 Å². The van der Waals surface area contributed by atoms with Crippen molar-refractivity contribution in [2.45, 2.75) is 64.7 Å². The van der Waals surface area contributed by atoms with Crippen LogP contribution in [0, 0.1) is 5.92 Å². The normalized spacial score (nSPS) is 21.8. The SMILES string of the molecule is C[C@H](CC(=O)NCc1cc2n(n1)CCCN(C(=O)C1CCC1)C2)N1CCOCC1. The van der Waals surface area contributed by atoms with Gasteiger partial charge in [0.15, 0.2) is 0 Å². The maximum absolute atomic E-state index is 12.6. The van der Waals surface area contributed by atoms with Crippen molar-refractivity contribution in [3.05, 3.63) is 17.5 Å². The molecule has 0 aromatic carbocycles. The molecule has 1 aromatic rings. The molecule has 29 heavy (non-hydrogen) atoms. The van der Waals surface area contributed by atoms with Crippen molar-refractivity contribution in [1.82, 2.24) is 24.9 Å². The average Bonchev–Trinajstić information content (AvgIpc) is 2.95. The number of ether oxygens (including phenoxy) is 1. The minimum absolute atomic E-state index is 0.0500. The van der Waals surface area contributed by atoms with Gasteiger partial charge in [-0.1, -0.05) is 6.42 Å². The highest BCUT2D eigenvalue weighted by Gasteiger charge is 2.31. The van der Waals surface area contributed by atoms with Gasteiger partial charge >= 0.3 is 0 Å². The Morgan fingerprint density at radius 1 is 1.21 bits per heavy atom. The monoisotopic (exact) mass is 403 g/mol. The molecule has 1 aliphatic carbocycles. The summed E-state index contributed by atoms with van der Waals surface area (Å²) in [5.74, 6) is 0.587. The first-order chi connectivity index (χ1) is 14.1. The average molecular weight is 404 g/mol. The van der Waals surface area contributed by atoms with Crippen molar-refractivity contribution in [2.75, 3.05) is 32.8 Å². The van der Waals surface area contributed by atoms with Crippen molar-refractivity contribution in [3.8, 4) is 0 Å². The van der Waals surface area contributed by atoms with Gasteiger partial charge in [0, 0.05) is 44.6 Å². The van der Waals surface area contributed by atoms with Gasteiger partial charge in [0.25, 0.3) is 0 Å². The summed E-state index contributed by atoms with van der Waals surface area (Å²) in [6, 6.07) is 2.25. The van der Waals surface area contributed by atoms with Gasteiger partial charge < -0.3 is 15.0 Å². The van der Waals surface area contributed by atoms with E-state index in [4.69, 9.17) is 4.74 Å². The summed E-state index contributed by atoms with van der Waals surface area (Å²) in [6.07, 6.45) is 4.66. The van der Waals surface area contributed by atoms with Crippen molar-refractivity contribution in [3.63, 3.8) is 0 Å². The third-order valence-corrected chi connectivity index (χ3v) is 6.45. The minimum atomic E-state index is 0.0500. The topological polar surface area (TPSA) is 79.7 Å². The maximum Gasteiger partial charge on any atom is 0.226 e. The van der Waals surface area contributed by atoms with Crippen molar-refractivity contribution in [2.24, 2.45) is 5.92 Å². The molecule has 8 heteroatoms. The molecule has 0 spiro atoms. The number of aromatic nitrogens is 2. The Kier molecular flexibility index (Phi) is 6.50. The number of morpholine rings is 1. The molecule has 3 aliphatic rings. The van der Waals surface area contributed by atoms with Gasteiger partial charge in [0.2, 0.25) is 11.8 Å². The summed E-state index contributed by atoms with van der Waals surface area (Å²) in [7, 11) is 0. The van der Waals surface area contributed by atoms with E-state index in [2.05, 4.69) is 22.2 Å². The largest absolute Gasteiger partial charge is 0.379 e. The molecule has 2 aliphatic heterocycles. The molecule has 8 nitrogen and oxygen atoms in total. The summed E-state index contributed by atoms with van der Waals surface area (Å²) in [5, 5.41) is 7.67. The predicted octanol–water partition coefficient (Wildman–Crippen LogP) is 1.14. The fraction of sp³-hybridized carbons (Fsp3) is 0.762. The van der Waals surface area contributed by atoms with Gasteiger partial charge in [-0.2, -0.15) is 5.10 Å². The third kappa shape index (κ3) is 4.98. The van der Waals surface area contributed by atoms with Crippen LogP contribution < -0.4 is 5.32 Å². The number of hydrogen-bond donors (Lipinski definition) is 1. The van der Waals surface area contributed by atoms with Gasteiger partial charge in [-0.3, -0.25) is 19.2 Å². The van der Waals surface area contributed by atoms with Gasteiger partial charge in [0.05, 0.1) is 37.7 Å². The number of amides is 2. The Morgan fingerprint density at radius 3 is 2.72 bits per heavy atom. The van der Waals surface area contributed by atoms with E-state index in [-0.39, 0.29) is 17.9 Å². The van der Waals surface area contributed by atoms with Crippen LogP contribution in [-0.2, 0) is 34.0 Å². The van der Waals surface area contributed by atoms with E-state index in [0.29, 0.717) is 25.4 Å². The van der Waals surface area contributed by atoms with Crippen molar-refractivity contribution in [1.29, 1.82) is 0 Å². The van der Waals surface area contributed by atoms with Crippen LogP contribution in [0.1, 0.15) is 50.4 Å². The maximum atomic E-state index is 12.6. The summed E-state index contributed by atoms with van der Waals surface area (Å²) in [5.41, 5.74) is 1.94. The number of rotatable bonds is 6. The molecule has 0 bridgehead atoms. The van der Waals surface area contributed by atoms with Crippen molar-refractivity contribution < 1.29 is 14.3 Å². The number of nitrogens with one attached hydrogen (secondary N) is 1. The first-order valence-electron chi connectivity index (χ1n) is 11.0. The van der Waals surface area contributed by atoms with Gasteiger partial charge in [0.1, 0.15) is 0 Å². The molecule has 1 N–H and O–H groups in total. The van der Waals surface area contributed by atoms with E-state index in [1.54, 1.807) is 0 Å². The molecule has 1 atom stereocenters. The Bertz CT molecular complexity index is 724. The number of nitrogens with zero attached hydrogens (tertiary/aromatic N) is 4. The fourth-order valence-electron chi connectivity index (χ4n) is 4.39. The summed E-state index contributed by atoms with van der Waals surface area (Å²) < 4.78 is 7.38. The molecular weight excluding hydrogens is 370 g/mol. The summed E-state index contributed by atoms with van der Waals surface area (Å²) in [6.45, 7) is 8.05. The highest BCUT2D eigenvalue weighted by molar-refractivity contribution is 5.79. The first kappa shape index (κ1) is 20.3. The summed E-state index contributed by atoms with van der Waals surface area (Å²) in [4.78, 5) is 29.3. The first-order valence-corrected chi connectivity index (χ1v) is 11.0. The van der Waals surface area contributed by atoms with Crippen LogP contribution in [0.4, 0.5) is 0 Å². The van der Waals surface area contributed by atoms with E-state index >= 15 is 0 Å². The quantitative estimate of drug-likeness (QED) is 0.771. The number of fused-ring (bicyclic) bond motifs is 1. The van der Waals surface area contributed by atoms with Gasteiger partial charge in [-0.05, 0) is 32.3 Å². The van der Waals surface area contributed by atoms with E-state index in [1.807, 2.05) is 15.6 Å². The van der Waals surface area contributed by atoms with Crippen LogP contribution in [0.25, 0.3) is 0 Å². The minimum Gasteiger partial charge on any atom is -0.379 e. The second-order valence-electron chi connectivity index (χ2n) is 8.57. The van der Waals surface area contributed by atoms with Crippen LogP contribution in [0.15, 0.2) is 6.07 Å². The van der Waals surface area contributed by atoms with Crippen molar-refractivity contribution >= 4 is 11.8 Å². The lowest BCUT2D eigenvalue weighted by Gasteiger charge is -2.31. The smallest absolute Gasteiger partial charge is 0.226 e. The lowest BCUT2D eigenvalue weighted by molar-refractivity contribution is -0.138. The molecular formula is C21H33N5O3. The zero-order valence-corrected chi connectivity index (χ0v) is 17.4. The molecule has 3 heterocycles. The zero-order chi connectivity index (χ0) is 20.2. The number of carbonyl (C=O) groups is 2.